The van der Waals surface area contributed by atoms with Crippen molar-refractivity contribution >= 4 is 8.32 Å². The van der Waals surface area contributed by atoms with Gasteiger partial charge in [0.2, 0.25) is 0 Å². The first-order valence-electron chi connectivity index (χ1n) is 5.78. The summed E-state index contributed by atoms with van der Waals surface area (Å²) >= 11 is 0. The van der Waals surface area contributed by atoms with Gasteiger partial charge in [-0.2, -0.15) is 0 Å². The molecule has 0 spiro atoms. The zero-order chi connectivity index (χ0) is 11.8. The Morgan fingerprint density at radius 3 is 2.31 bits per heavy atom. The number of hydrogen-bond donors (Lipinski definition) is 0. The van der Waals surface area contributed by atoms with Crippen molar-refractivity contribution in [1.29, 1.82) is 0 Å². The topological polar surface area (TPSA) is 9.23 Å². The van der Waals surface area contributed by atoms with E-state index in [0.29, 0.717) is 0 Å². The molecule has 0 amide bonds. The Morgan fingerprint density at radius 2 is 1.81 bits per heavy atom. The van der Waals surface area contributed by atoms with E-state index in [0.717, 1.165) is 11.6 Å². The van der Waals surface area contributed by atoms with Crippen molar-refractivity contribution in [1.82, 2.24) is 0 Å². The summed E-state index contributed by atoms with van der Waals surface area (Å²) in [5, 5.41) is 0. The lowest BCUT2D eigenvalue weighted by Crippen LogP contribution is -2.30. The van der Waals surface area contributed by atoms with Crippen molar-refractivity contribution in [2.75, 3.05) is 0 Å². The van der Waals surface area contributed by atoms with E-state index in [2.05, 4.69) is 45.2 Å². The van der Waals surface area contributed by atoms with Gasteiger partial charge in [0.25, 0.3) is 0 Å². The van der Waals surface area contributed by atoms with E-state index in [4.69, 9.17) is 4.43 Å². The summed E-state index contributed by atoms with van der Waals surface area (Å²) in [7, 11) is -1.49. The zero-order valence-corrected chi connectivity index (χ0v) is 11.5. The lowest BCUT2D eigenvalue weighted by atomic mass is 9.97. The summed E-state index contributed by atoms with van der Waals surface area (Å²) in [6.45, 7) is 8.85. The van der Waals surface area contributed by atoms with Crippen LogP contribution in [0.25, 0.3) is 0 Å². The fourth-order valence-corrected chi connectivity index (χ4v) is 5.26. The Kier molecular flexibility index (Phi) is 2.80. The predicted octanol–water partition coefficient (Wildman–Crippen LogP) is 3.78. The average molecular weight is 231 g/mol. The largest absolute Gasteiger partial charge is 0.408 e. The Labute approximate surface area is 99.3 Å². The molecule has 0 N–H and O–H groups in total. The molecule has 1 aliphatic heterocycles. The Morgan fingerprint density at radius 1 is 1.19 bits per heavy atom. The maximum absolute atomic E-state index is 6.16. The molecule has 0 atom stereocenters. The van der Waals surface area contributed by atoms with Crippen LogP contribution in [0.4, 0.5) is 0 Å². The van der Waals surface area contributed by atoms with Crippen molar-refractivity contribution in [3.05, 3.63) is 47.5 Å². The van der Waals surface area contributed by atoms with E-state index >= 15 is 0 Å². The first-order valence-corrected chi connectivity index (χ1v) is 8.89. The van der Waals surface area contributed by atoms with Crippen LogP contribution in [-0.2, 0) is 4.43 Å². The van der Waals surface area contributed by atoms with Crippen molar-refractivity contribution in [2.45, 2.75) is 38.6 Å². The van der Waals surface area contributed by atoms with E-state index in [9.17, 15) is 0 Å². The van der Waals surface area contributed by atoms with Gasteiger partial charge in [-0.05, 0) is 50.2 Å². The minimum atomic E-state index is -1.49. The first-order chi connectivity index (χ1) is 7.39. The second-order valence-corrected chi connectivity index (χ2v) is 9.60. The van der Waals surface area contributed by atoms with Crippen LogP contribution < -0.4 is 0 Å². The molecule has 0 unspecified atom stereocenters. The van der Waals surface area contributed by atoms with Gasteiger partial charge in [0, 0.05) is 0 Å². The highest BCUT2D eigenvalue weighted by Crippen LogP contribution is 2.40. The normalized spacial score (nSPS) is 24.9. The van der Waals surface area contributed by atoms with Crippen LogP contribution in [-0.4, -0.2) is 13.9 Å². The molecule has 1 saturated heterocycles. The van der Waals surface area contributed by atoms with Crippen LogP contribution in [0, 0.1) is 6.08 Å². The van der Waals surface area contributed by atoms with Gasteiger partial charge in [-0.1, -0.05) is 30.3 Å². The molecule has 2 rings (SSSR count). The van der Waals surface area contributed by atoms with Crippen molar-refractivity contribution in [3.8, 4) is 0 Å². The molecule has 0 bridgehead atoms. The molecule has 1 nitrogen and oxygen atoms in total. The molecule has 1 aliphatic rings. The number of hydrogen-bond acceptors (Lipinski definition) is 1. The minimum Gasteiger partial charge on any atom is -0.408 e. The first kappa shape index (κ1) is 11.6. The molecule has 85 valence electrons. The maximum Gasteiger partial charge on any atom is 0.192 e. The number of rotatable bonds is 1. The van der Waals surface area contributed by atoms with Crippen LogP contribution in [0.5, 0.6) is 0 Å². The van der Waals surface area contributed by atoms with Crippen LogP contribution in [0.1, 0.15) is 19.4 Å². The molecular weight excluding hydrogens is 212 g/mol. The van der Waals surface area contributed by atoms with E-state index in [-0.39, 0.29) is 5.60 Å². The molecular formula is C14H19OSi. The van der Waals surface area contributed by atoms with Gasteiger partial charge in [-0.25, -0.2) is 0 Å². The Hall–Kier alpha value is -0.863. The van der Waals surface area contributed by atoms with Gasteiger partial charge in [-0.3, -0.25) is 0 Å². The van der Waals surface area contributed by atoms with Crippen LogP contribution in [0.15, 0.2) is 35.9 Å². The van der Waals surface area contributed by atoms with Crippen molar-refractivity contribution in [2.24, 2.45) is 0 Å². The average Bonchev–Trinajstić information content (AvgIpc) is 2.36. The highest BCUT2D eigenvalue weighted by atomic mass is 28.4. The molecule has 16 heavy (non-hydrogen) atoms. The van der Waals surface area contributed by atoms with Gasteiger partial charge in [0.1, 0.15) is 0 Å². The smallest absolute Gasteiger partial charge is 0.192 e. The number of benzene rings is 1. The molecule has 1 radical (unpaired) electrons. The molecule has 0 aromatic heterocycles. The third kappa shape index (κ3) is 2.44. The summed E-state index contributed by atoms with van der Waals surface area (Å²) in [5.74, 6) is 0. The van der Waals surface area contributed by atoms with Crippen molar-refractivity contribution in [3.63, 3.8) is 0 Å². The highest BCUT2D eigenvalue weighted by molar-refractivity contribution is 6.72. The summed E-state index contributed by atoms with van der Waals surface area (Å²) in [4.78, 5) is 0. The third-order valence-corrected chi connectivity index (χ3v) is 5.20. The third-order valence-electron chi connectivity index (χ3n) is 2.93. The van der Waals surface area contributed by atoms with Crippen LogP contribution in [0.3, 0.4) is 0 Å². The minimum absolute atomic E-state index is 0.133. The monoisotopic (exact) mass is 231 g/mol. The SMILES string of the molecule is CC1(C)O[Si](C)(C)CC1=[C]c1ccccc1. The van der Waals surface area contributed by atoms with Gasteiger partial charge in [-0.15, -0.1) is 0 Å². The van der Waals surface area contributed by atoms with Gasteiger partial charge in [0.05, 0.1) is 5.60 Å². The summed E-state index contributed by atoms with van der Waals surface area (Å²) in [6.07, 6.45) is 3.51. The summed E-state index contributed by atoms with van der Waals surface area (Å²) in [5.41, 5.74) is 2.34. The molecule has 2 heteroatoms. The van der Waals surface area contributed by atoms with E-state index in [1.54, 1.807) is 0 Å². The summed E-state index contributed by atoms with van der Waals surface area (Å²) in [6, 6.07) is 11.4. The molecule has 1 fully saturated rings. The van der Waals surface area contributed by atoms with Gasteiger partial charge in [0.15, 0.2) is 8.32 Å². The van der Waals surface area contributed by atoms with Crippen LogP contribution in [0.2, 0.25) is 19.1 Å². The predicted molar refractivity (Wildman–Crippen MR) is 69.8 cm³/mol. The quantitative estimate of drug-likeness (QED) is 0.668. The second kappa shape index (κ2) is 3.86. The Balaban J connectivity index is 2.32. The van der Waals surface area contributed by atoms with Gasteiger partial charge < -0.3 is 4.43 Å². The van der Waals surface area contributed by atoms with E-state index in [1.807, 2.05) is 18.2 Å². The Bertz CT molecular complexity index is 404. The highest BCUT2D eigenvalue weighted by Gasteiger charge is 2.43. The maximum atomic E-state index is 6.16. The molecule has 1 aromatic rings. The molecule has 1 aromatic carbocycles. The fourth-order valence-electron chi connectivity index (χ4n) is 2.32. The second-order valence-electron chi connectivity index (χ2n) is 5.52. The van der Waals surface area contributed by atoms with Crippen LogP contribution >= 0.6 is 0 Å². The lowest BCUT2D eigenvalue weighted by molar-refractivity contribution is 0.163. The summed E-state index contributed by atoms with van der Waals surface area (Å²) < 4.78 is 6.16. The van der Waals surface area contributed by atoms with E-state index in [1.165, 1.54) is 5.57 Å². The standard InChI is InChI=1S/C14H19OSi/c1-14(2)13(11-16(3,4)15-14)10-12-8-6-5-7-9-12/h5-9H,11H2,1-4H3. The lowest BCUT2D eigenvalue weighted by Gasteiger charge is -2.23. The van der Waals surface area contributed by atoms with Gasteiger partial charge >= 0.3 is 0 Å². The zero-order valence-electron chi connectivity index (χ0n) is 10.5. The molecule has 1 heterocycles. The molecule has 0 saturated carbocycles. The van der Waals surface area contributed by atoms with Crippen molar-refractivity contribution < 1.29 is 4.43 Å². The molecule has 0 aliphatic carbocycles. The fraction of sp³-hybridized carbons (Fsp3) is 0.429. The van der Waals surface area contributed by atoms with E-state index < -0.39 is 8.32 Å².